The molecule has 0 saturated carbocycles. The zero-order chi connectivity index (χ0) is 29.9. The third kappa shape index (κ3) is 13.3. The second-order valence-electron chi connectivity index (χ2n) is 8.78. The topological polar surface area (TPSA) is 144 Å². The Labute approximate surface area is 245 Å². The van der Waals surface area contributed by atoms with Gasteiger partial charge in [-0.2, -0.15) is 0 Å². The van der Waals surface area contributed by atoms with E-state index in [0.717, 1.165) is 71.6 Å². The van der Waals surface area contributed by atoms with Crippen molar-refractivity contribution in [3.63, 3.8) is 0 Å². The normalized spacial score (nSPS) is 10.3. The lowest BCUT2D eigenvalue weighted by atomic mass is 10.1. The van der Waals surface area contributed by atoms with Crippen molar-refractivity contribution >= 4 is 44.7 Å². The molecule has 0 atom stereocenters. The molecule has 0 amide bonds. The Hall–Kier alpha value is -4.03. The minimum atomic E-state index is -3.12. The quantitative estimate of drug-likeness (QED) is 0.180. The van der Waals surface area contributed by atoms with Crippen molar-refractivity contribution in [2.24, 2.45) is 0 Å². The van der Waals surface area contributed by atoms with E-state index in [9.17, 15) is 18.0 Å². The average Bonchev–Trinajstić information content (AvgIpc) is 3.45. The fourth-order valence-corrected chi connectivity index (χ4v) is 4.73. The number of hydrogen-bond acceptors (Lipinski definition) is 11. The van der Waals surface area contributed by atoms with E-state index in [1.54, 1.807) is 35.9 Å². The molecule has 0 radical (unpaired) electrons. The smallest absolute Gasteiger partial charge is 0.205 e. The molecule has 0 unspecified atom stereocenters. The van der Waals surface area contributed by atoms with Gasteiger partial charge in [0.1, 0.15) is 23.4 Å². The van der Waals surface area contributed by atoms with Gasteiger partial charge in [0.05, 0.1) is 4.90 Å². The van der Waals surface area contributed by atoms with E-state index in [2.05, 4.69) is 36.9 Å². The van der Waals surface area contributed by atoms with Crippen molar-refractivity contribution in [3.05, 3.63) is 88.8 Å². The number of rotatable bonds is 12. The van der Waals surface area contributed by atoms with Crippen molar-refractivity contribution in [2.75, 3.05) is 31.0 Å². The summed E-state index contributed by atoms with van der Waals surface area (Å²) in [5.41, 5.74) is 3.07. The van der Waals surface area contributed by atoms with E-state index >= 15 is 0 Å². The first-order valence-electron chi connectivity index (χ1n) is 13.0. The van der Waals surface area contributed by atoms with Crippen LogP contribution in [0, 0.1) is 0 Å². The molecule has 41 heavy (non-hydrogen) atoms. The third-order valence-electron chi connectivity index (χ3n) is 5.58. The number of pyridine rings is 2. The summed E-state index contributed by atoms with van der Waals surface area (Å²) in [4.78, 5) is 28.5. The van der Waals surface area contributed by atoms with Gasteiger partial charge in [-0.05, 0) is 60.2 Å². The Morgan fingerprint density at radius 1 is 0.805 bits per heavy atom. The molecule has 0 aliphatic carbocycles. The number of anilines is 2. The molecule has 3 aromatic heterocycles. The van der Waals surface area contributed by atoms with Crippen LogP contribution in [0.1, 0.15) is 34.5 Å². The molecule has 0 aliphatic rings. The minimum absolute atomic E-state index is 0.280. The standard InChI is InChI=1S/C13H19N5S.C9H10O3S.C7H7NO/c1-14-11-8-7-10(9-16-11)5-3-4-6-12-17-18-13(15-2)19-12;1-13(11,12)9-4-2-8(3-5-9)6-7-10;9-5-3-7-2-1-4-8-6-7/h7-9H,3-6H2,1-2H3,(H,14,16)(H,15,18);2-5,7H,6H2,1H3;1-2,4-6H,3H2. The molecule has 12 heteroatoms. The second-order valence-corrected chi connectivity index (χ2v) is 11.9. The molecule has 10 nitrogen and oxygen atoms in total. The van der Waals surface area contributed by atoms with Crippen LogP contribution >= 0.6 is 11.3 Å². The summed E-state index contributed by atoms with van der Waals surface area (Å²) in [6.07, 6.45) is 13.3. The Bertz CT molecular complexity index is 1410. The van der Waals surface area contributed by atoms with Gasteiger partial charge in [-0.15, -0.1) is 10.2 Å². The first-order chi connectivity index (χ1) is 19.8. The third-order valence-corrected chi connectivity index (χ3v) is 7.71. The number of sulfone groups is 1. The average molecular weight is 597 g/mol. The maximum absolute atomic E-state index is 11.0. The van der Waals surface area contributed by atoms with E-state index < -0.39 is 9.84 Å². The van der Waals surface area contributed by atoms with Gasteiger partial charge >= 0.3 is 0 Å². The van der Waals surface area contributed by atoms with Gasteiger partial charge in [-0.1, -0.05) is 35.6 Å². The van der Waals surface area contributed by atoms with Gasteiger partial charge in [0.15, 0.2) is 9.84 Å². The number of hydrogen-bond donors (Lipinski definition) is 2. The van der Waals surface area contributed by atoms with Gasteiger partial charge in [0.25, 0.3) is 0 Å². The lowest BCUT2D eigenvalue weighted by molar-refractivity contribution is -0.108. The molecule has 0 fully saturated rings. The van der Waals surface area contributed by atoms with Crippen molar-refractivity contribution in [2.45, 2.75) is 43.4 Å². The van der Waals surface area contributed by atoms with Gasteiger partial charge in [-0.25, -0.2) is 13.4 Å². The molecular weight excluding hydrogens is 560 g/mol. The van der Waals surface area contributed by atoms with Crippen molar-refractivity contribution in [3.8, 4) is 0 Å². The fourth-order valence-electron chi connectivity index (χ4n) is 3.37. The van der Waals surface area contributed by atoms with Crippen LogP contribution in [0.15, 0.2) is 72.0 Å². The largest absolute Gasteiger partial charge is 0.373 e. The molecule has 1 aromatic carbocycles. The molecule has 218 valence electrons. The maximum Gasteiger partial charge on any atom is 0.205 e. The van der Waals surface area contributed by atoms with E-state index in [1.807, 2.05) is 38.5 Å². The highest BCUT2D eigenvalue weighted by Gasteiger charge is 2.05. The number of carbonyl (C=O) groups is 2. The van der Waals surface area contributed by atoms with Crippen LogP contribution in [0.3, 0.4) is 0 Å². The highest BCUT2D eigenvalue weighted by molar-refractivity contribution is 7.90. The van der Waals surface area contributed by atoms with Crippen molar-refractivity contribution in [1.82, 2.24) is 20.2 Å². The lowest BCUT2D eigenvalue weighted by Gasteiger charge is -2.02. The van der Waals surface area contributed by atoms with Gasteiger partial charge in [0, 0.05) is 58.2 Å². The zero-order valence-electron chi connectivity index (χ0n) is 23.5. The van der Waals surface area contributed by atoms with E-state index in [0.29, 0.717) is 12.8 Å². The highest BCUT2D eigenvalue weighted by atomic mass is 32.2. The molecule has 4 rings (SSSR count). The van der Waals surface area contributed by atoms with Crippen LogP contribution in [-0.2, 0) is 45.1 Å². The summed E-state index contributed by atoms with van der Waals surface area (Å²) in [6, 6.07) is 14.1. The first-order valence-corrected chi connectivity index (χ1v) is 15.7. The second kappa shape index (κ2) is 18.3. The van der Waals surface area contributed by atoms with Gasteiger partial charge in [-0.3, -0.25) is 4.98 Å². The van der Waals surface area contributed by atoms with E-state index in [1.165, 1.54) is 17.7 Å². The predicted octanol–water partition coefficient (Wildman–Crippen LogP) is 4.24. The van der Waals surface area contributed by atoms with Crippen LogP contribution in [0.5, 0.6) is 0 Å². The molecule has 0 bridgehead atoms. The Balaban J connectivity index is 0.000000232. The number of aryl methyl sites for hydroxylation is 2. The van der Waals surface area contributed by atoms with Crippen molar-refractivity contribution < 1.29 is 18.0 Å². The fraction of sp³-hybridized carbons (Fsp3) is 0.310. The Morgan fingerprint density at radius 3 is 2.02 bits per heavy atom. The molecule has 0 aliphatic heterocycles. The van der Waals surface area contributed by atoms with Crippen LogP contribution < -0.4 is 10.6 Å². The summed E-state index contributed by atoms with van der Waals surface area (Å²) < 4.78 is 22.1. The molecule has 0 spiro atoms. The first kappa shape index (κ1) is 33.2. The summed E-state index contributed by atoms with van der Waals surface area (Å²) >= 11 is 1.63. The van der Waals surface area contributed by atoms with Crippen LogP contribution in [0.4, 0.5) is 10.9 Å². The Morgan fingerprint density at radius 2 is 1.49 bits per heavy atom. The van der Waals surface area contributed by atoms with Crippen molar-refractivity contribution in [1.29, 1.82) is 0 Å². The summed E-state index contributed by atoms with van der Waals surface area (Å²) in [7, 11) is 0.623. The van der Waals surface area contributed by atoms with Gasteiger partial charge < -0.3 is 20.2 Å². The van der Waals surface area contributed by atoms with Crippen LogP contribution in [-0.4, -0.2) is 61.5 Å². The number of aldehydes is 2. The summed E-state index contributed by atoms with van der Waals surface area (Å²) in [6.45, 7) is 0. The maximum atomic E-state index is 11.0. The number of benzene rings is 1. The monoisotopic (exact) mass is 596 g/mol. The van der Waals surface area contributed by atoms with Crippen LogP contribution in [0.25, 0.3) is 0 Å². The summed E-state index contributed by atoms with van der Waals surface area (Å²) in [5.74, 6) is 0.914. The highest BCUT2D eigenvalue weighted by Crippen LogP contribution is 2.17. The predicted molar refractivity (Wildman–Crippen MR) is 163 cm³/mol. The summed E-state index contributed by atoms with van der Waals surface area (Å²) in [5, 5.41) is 16.2. The number of carbonyl (C=O) groups excluding carboxylic acids is 2. The minimum Gasteiger partial charge on any atom is -0.373 e. The van der Waals surface area contributed by atoms with E-state index in [4.69, 9.17) is 0 Å². The molecule has 4 aromatic rings. The molecule has 2 N–H and O–H groups in total. The lowest BCUT2D eigenvalue weighted by Crippen LogP contribution is -1.97. The molecular formula is C29H36N6O4S2. The molecule has 0 saturated heterocycles. The number of nitrogens with one attached hydrogen (secondary N) is 2. The number of nitrogens with zero attached hydrogens (tertiary/aromatic N) is 4. The molecule has 3 heterocycles. The Kier molecular flexibility index (Phi) is 14.8. The zero-order valence-corrected chi connectivity index (χ0v) is 25.1. The van der Waals surface area contributed by atoms with E-state index in [-0.39, 0.29) is 4.90 Å². The SMILES string of the molecule is CNc1ccc(CCCCc2nnc(NC)s2)cn1.CS(=O)(=O)c1ccc(CC=O)cc1.O=CCc1cccnc1. The number of unbranched alkanes of at least 4 members (excludes halogenated alkanes) is 1. The van der Waals surface area contributed by atoms with Crippen LogP contribution in [0.2, 0.25) is 0 Å². The number of aromatic nitrogens is 4. The van der Waals surface area contributed by atoms with Gasteiger partial charge in [0.2, 0.25) is 5.13 Å².